The van der Waals surface area contributed by atoms with E-state index < -0.39 is 23.6 Å². The number of halogens is 2. The number of aromatic nitrogens is 3. The summed E-state index contributed by atoms with van der Waals surface area (Å²) in [6.45, 7) is 2.61. The number of aryl methyl sites for hydroxylation is 1. The lowest BCUT2D eigenvalue weighted by Gasteiger charge is -2.15. The van der Waals surface area contributed by atoms with Gasteiger partial charge in [0.1, 0.15) is 17.5 Å². The highest BCUT2D eigenvalue weighted by Gasteiger charge is 2.21. The van der Waals surface area contributed by atoms with Crippen LogP contribution in [0.2, 0.25) is 0 Å². The van der Waals surface area contributed by atoms with Crippen molar-refractivity contribution >= 4 is 5.91 Å². The van der Waals surface area contributed by atoms with Crippen molar-refractivity contribution in [3.05, 3.63) is 47.0 Å². The molecule has 0 bridgehead atoms. The first-order valence-electron chi connectivity index (χ1n) is 7.73. The quantitative estimate of drug-likeness (QED) is 0.946. The Kier molecular flexibility index (Phi) is 4.36. The van der Waals surface area contributed by atoms with Crippen LogP contribution in [-0.4, -0.2) is 20.7 Å². The molecule has 3 rings (SSSR count). The molecule has 2 aromatic rings. The van der Waals surface area contributed by atoms with Crippen LogP contribution >= 0.6 is 0 Å². The van der Waals surface area contributed by atoms with Gasteiger partial charge in [-0.15, -0.1) is 10.2 Å². The van der Waals surface area contributed by atoms with Crippen molar-refractivity contribution in [3.8, 4) is 0 Å². The number of fused-ring (bicyclic) bond motifs is 1. The molecule has 0 unspecified atom stereocenters. The van der Waals surface area contributed by atoms with E-state index in [0.717, 1.165) is 56.3 Å². The van der Waals surface area contributed by atoms with Crippen molar-refractivity contribution < 1.29 is 13.6 Å². The third kappa shape index (κ3) is 3.38. The van der Waals surface area contributed by atoms with Crippen molar-refractivity contribution in [1.29, 1.82) is 0 Å². The second kappa shape index (κ2) is 6.44. The van der Waals surface area contributed by atoms with Gasteiger partial charge in [-0.25, -0.2) is 8.78 Å². The van der Waals surface area contributed by atoms with Gasteiger partial charge in [-0.1, -0.05) is 6.42 Å². The van der Waals surface area contributed by atoms with Crippen LogP contribution in [-0.2, 0) is 13.0 Å². The predicted molar refractivity (Wildman–Crippen MR) is 79.8 cm³/mol. The number of nitrogens with one attached hydrogen (secondary N) is 1. The topological polar surface area (TPSA) is 59.8 Å². The molecule has 1 aromatic carbocycles. The Morgan fingerprint density at radius 1 is 1.17 bits per heavy atom. The lowest BCUT2D eigenvalue weighted by molar-refractivity contribution is 0.0936. The molecule has 0 saturated carbocycles. The van der Waals surface area contributed by atoms with Gasteiger partial charge in [0.2, 0.25) is 0 Å². The highest BCUT2D eigenvalue weighted by atomic mass is 19.1. The first-order chi connectivity index (χ1) is 11.0. The third-order valence-corrected chi connectivity index (χ3v) is 4.00. The van der Waals surface area contributed by atoms with Gasteiger partial charge in [0.15, 0.2) is 5.82 Å². The molecule has 122 valence electrons. The lowest BCUT2D eigenvalue weighted by Crippen LogP contribution is -2.29. The van der Waals surface area contributed by atoms with E-state index in [1.165, 1.54) is 0 Å². The van der Waals surface area contributed by atoms with Crippen LogP contribution < -0.4 is 5.32 Å². The van der Waals surface area contributed by atoms with Gasteiger partial charge in [-0.2, -0.15) is 0 Å². The fourth-order valence-electron chi connectivity index (χ4n) is 2.86. The lowest BCUT2D eigenvalue weighted by atomic mass is 10.2. The molecular formula is C16H18F2N4O. The second-order valence-electron chi connectivity index (χ2n) is 5.79. The number of hydrogen-bond acceptors (Lipinski definition) is 3. The number of nitrogens with zero attached hydrogens (tertiary/aromatic N) is 3. The summed E-state index contributed by atoms with van der Waals surface area (Å²) in [6.07, 6.45) is 4.16. The van der Waals surface area contributed by atoms with E-state index in [0.29, 0.717) is 5.82 Å². The van der Waals surface area contributed by atoms with Crippen molar-refractivity contribution in [1.82, 2.24) is 20.1 Å². The molecule has 0 aliphatic carbocycles. The molecule has 7 heteroatoms. The van der Waals surface area contributed by atoms with Crippen LogP contribution in [0, 0.1) is 11.6 Å². The highest BCUT2D eigenvalue weighted by Crippen LogP contribution is 2.19. The first kappa shape index (κ1) is 15.6. The number of amides is 1. The smallest absolute Gasteiger partial charge is 0.252 e. The van der Waals surface area contributed by atoms with Crippen LogP contribution in [0.3, 0.4) is 0 Å². The van der Waals surface area contributed by atoms with Gasteiger partial charge in [-0.05, 0) is 31.9 Å². The minimum absolute atomic E-state index is 0.0510. The monoisotopic (exact) mass is 320 g/mol. The van der Waals surface area contributed by atoms with Gasteiger partial charge in [0.25, 0.3) is 5.91 Å². The average molecular weight is 320 g/mol. The summed E-state index contributed by atoms with van der Waals surface area (Å²) in [5.41, 5.74) is -0.0510. The zero-order chi connectivity index (χ0) is 16.4. The van der Waals surface area contributed by atoms with Crippen LogP contribution in [0.15, 0.2) is 18.2 Å². The van der Waals surface area contributed by atoms with Gasteiger partial charge in [0.05, 0.1) is 6.04 Å². The molecule has 0 saturated heterocycles. The minimum atomic E-state index is -0.779. The molecular weight excluding hydrogens is 302 g/mol. The second-order valence-corrected chi connectivity index (χ2v) is 5.79. The summed E-state index contributed by atoms with van der Waals surface area (Å²) in [6, 6.07) is 2.36. The Bertz CT molecular complexity index is 709. The van der Waals surface area contributed by atoms with E-state index in [4.69, 9.17) is 0 Å². The molecule has 1 N–H and O–H groups in total. The Balaban J connectivity index is 1.77. The summed E-state index contributed by atoms with van der Waals surface area (Å²) in [5.74, 6) is -0.498. The van der Waals surface area contributed by atoms with Gasteiger partial charge in [-0.3, -0.25) is 4.79 Å². The zero-order valence-electron chi connectivity index (χ0n) is 12.9. The number of carbonyl (C=O) groups is 1. The molecule has 2 heterocycles. The van der Waals surface area contributed by atoms with Crippen LogP contribution in [0.4, 0.5) is 8.78 Å². The number of carbonyl (C=O) groups excluding carboxylic acids is 1. The third-order valence-electron chi connectivity index (χ3n) is 4.00. The molecule has 0 radical (unpaired) electrons. The van der Waals surface area contributed by atoms with E-state index in [1.807, 2.05) is 4.57 Å². The Hall–Kier alpha value is -2.31. The number of rotatable bonds is 3. The minimum Gasteiger partial charge on any atom is -0.342 e. The van der Waals surface area contributed by atoms with E-state index in [2.05, 4.69) is 15.5 Å². The van der Waals surface area contributed by atoms with Gasteiger partial charge in [0, 0.05) is 24.6 Å². The molecule has 1 aliphatic rings. The van der Waals surface area contributed by atoms with E-state index >= 15 is 0 Å². The van der Waals surface area contributed by atoms with E-state index in [9.17, 15) is 13.6 Å². The maximum absolute atomic E-state index is 13.2. The van der Waals surface area contributed by atoms with Crippen LogP contribution in [0.1, 0.15) is 54.2 Å². The van der Waals surface area contributed by atoms with Crippen LogP contribution in [0.5, 0.6) is 0 Å². The highest BCUT2D eigenvalue weighted by molar-refractivity contribution is 5.94. The summed E-state index contributed by atoms with van der Waals surface area (Å²) in [7, 11) is 0. The van der Waals surface area contributed by atoms with Crippen molar-refractivity contribution in [2.75, 3.05) is 0 Å². The van der Waals surface area contributed by atoms with Crippen molar-refractivity contribution in [3.63, 3.8) is 0 Å². The Morgan fingerprint density at radius 2 is 1.91 bits per heavy atom. The standard InChI is InChI=1S/C16H18F2N4O/c1-10(15-21-20-14-5-3-2-4-6-22(14)15)19-16(23)11-7-12(17)9-13(18)8-11/h7-10H,2-6H2,1H3,(H,19,23)/t10-/m1/s1. The average Bonchev–Trinajstić information content (AvgIpc) is 2.75. The Morgan fingerprint density at radius 3 is 2.65 bits per heavy atom. The molecule has 0 spiro atoms. The fraction of sp³-hybridized carbons (Fsp3) is 0.438. The molecule has 1 amide bonds. The molecule has 1 atom stereocenters. The maximum atomic E-state index is 13.2. The maximum Gasteiger partial charge on any atom is 0.252 e. The van der Waals surface area contributed by atoms with E-state index in [1.54, 1.807) is 6.92 Å². The molecule has 5 nitrogen and oxygen atoms in total. The Labute approximate surface area is 132 Å². The number of hydrogen-bond donors (Lipinski definition) is 1. The van der Waals surface area contributed by atoms with Gasteiger partial charge < -0.3 is 9.88 Å². The normalized spacial score (nSPS) is 15.6. The summed E-state index contributed by atoms with van der Waals surface area (Å²) < 4.78 is 28.5. The molecule has 1 aromatic heterocycles. The summed E-state index contributed by atoms with van der Waals surface area (Å²) in [5, 5.41) is 11.1. The molecule has 0 fully saturated rings. The fourth-order valence-corrected chi connectivity index (χ4v) is 2.86. The summed E-state index contributed by atoms with van der Waals surface area (Å²) >= 11 is 0. The molecule has 23 heavy (non-hydrogen) atoms. The SMILES string of the molecule is C[C@@H](NC(=O)c1cc(F)cc(F)c1)c1nnc2n1CCCCC2. The molecule has 1 aliphatic heterocycles. The van der Waals surface area contributed by atoms with Gasteiger partial charge >= 0.3 is 0 Å². The van der Waals surface area contributed by atoms with Crippen molar-refractivity contribution in [2.24, 2.45) is 0 Å². The number of benzene rings is 1. The van der Waals surface area contributed by atoms with E-state index in [-0.39, 0.29) is 5.56 Å². The van der Waals surface area contributed by atoms with Crippen molar-refractivity contribution in [2.45, 2.75) is 45.2 Å². The first-order valence-corrected chi connectivity index (χ1v) is 7.73. The zero-order valence-corrected chi connectivity index (χ0v) is 12.9. The van der Waals surface area contributed by atoms with Crippen LogP contribution in [0.25, 0.3) is 0 Å². The summed E-state index contributed by atoms with van der Waals surface area (Å²) in [4.78, 5) is 12.2. The largest absolute Gasteiger partial charge is 0.342 e. The predicted octanol–water partition coefficient (Wildman–Crippen LogP) is 2.77.